The third-order valence-corrected chi connectivity index (χ3v) is 4.81. The van der Waals surface area contributed by atoms with Crippen LogP contribution in [-0.4, -0.2) is 33.6 Å². The van der Waals surface area contributed by atoms with E-state index in [0.29, 0.717) is 12.3 Å². The van der Waals surface area contributed by atoms with Gasteiger partial charge in [0.2, 0.25) is 0 Å². The van der Waals surface area contributed by atoms with Crippen LogP contribution in [0.1, 0.15) is 41.1 Å². The van der Waals surface area contributed by atoms with Crippen LogP contribution < -0.4 is 10.6 Å². The number of anilines is 2. The van der Waals surface area contributed by atoms with Crippen molar-refractivity contribution in [3.63, 3.8) is 0 Å². The summed E-state index contributed by atoms with van der Waals surface area (Å²) in [5.41, 5.74) is 1.34. The smallest absolute Gasteiger partial charge is 0.255 e. The van der Waals surface area contributed by atoms with Crippen LogP contribution >= 0.6 is 0 Å². The van der Waals surface area contributed by atoms with Crippen molar-refractivity contribution < 1.29 is 18.7 Å². The molecule has 0 bridgehead atoms. The molecular weight excluding hydrogens is 366 g/mol. The maximum Gasteiger partial charge on any atom is 0.255 e. The second-order valence-electron chi connectivity index (χ2n) is 6.88. The average Bonchev–Trinajstić information content (AvgIpc) is 3.41. The summed E-state index contributed by atoms with van der Waals surface area (Å²) in [5.74, 6) is -0.940. The number of aliphatic hydroxyl groups is 1. The SMILES string of the molecule is O=C(NCCCO)c1cc(F)c2cncn2c1Nc1ccc(C2CC2)cc1F. The van der Waals surface area contributed by atoms with E-state index in [1.807, 2.05) is 6.07 Å². The van der Waals surface area contributed by atoms with Gasteiger partial charge >= 0.3 is 0 Å². The fraction of sp³-hybridized carbons (Fsp3) is 0.300. The first-order valence-corrected chi connectivity index (χ1v) is 9.18. The molecule has 0 unspecified atom stereocenters. The quantitative estimate of drug-likeness (QED) is 0.544. The largest absolute Gasteiger partial charge is 0.396 e. The second-order valence-corrected chi connectivity index (χ2v) is 6.88. The minimum absolute atomic E-state index is 0.0200. The first kappa shape index (κ1) is 18.4. The van der Waals surface area contributed by atoms with Gasteiger partial charge in [-0.25, -0.2) is 13.8 Å². The van der Waals surface area contributed by atoms with Crippen molar-refractivity contribution in [3.05, 3.63) is 59.6 Å². The lowest BCUT2D eigenvalue weighted by atomic mass is 10.1. The van der Waals surface area contributed by atoms with Gasteiger partial charge in [-0.2, -0.15) is 0 Å². The number of pyridine rings is 1. The van der Waals surface area contributed by atoms with Crippen LogP contribution in [0.25, 0.3) is 5.52 Å². The van der Waals surface area contributed by atoms with Crippen molar-refractivity contribution in [3.8, 4) is 0 Å². The van der Waals surface area contributed by atoms with Gasteiger partial charge in [-0.15, -0.1) is 0 Å². The number of amides is 1. The molecule has 1 aliphatic carbocycles. The normalized spacial score (nSPS) is 13.7. The minimum Gasteiger partial charge on any atom is -0.396 e. The summed E-state index contributed by atoms with van der Waals surface area (Å²) in [6, 6.07) is 6.08. The van der Waals surface area contributed by atoms with E-state index in [9.17, 15) is 13.6 Å². The van der Waals surface area contributed by atoms with Gasteiger partial charge in [0.15, 0.2) is 0 Å². The van der Waals surface area contributed by atoms with Crippen LogP contribution in [0.2, 0.25) is 0 Å². The molecule has 3 N–H and O–H groups in total. The number of nitrogens with zero attached hydrogens (tertiary/aromatic N) is 2. The maximum atomic E-state index is 14.6. The zero-order valence-corrected chi connectivity index (χ0v) is 15.1. The Hall–Kier alpha value is -3.00. The summed E-state index contributed by atoms with van der Waals surface area (Å²) in [5, 5.41) is 14.4. The minimum atomic E-state index is -0.611. The van der Waals surface area contributed by atoms with Crippen molar-refractivity contribution in [1.82, 2.24) is 14.7 Å². The van der Waals surface area contributed by atoms with E-state index in [0.717, 1.165) is 24.5 Å². The fourth-order valence-electron chi connectivity index (χ4n) is 3.16. The van der Waals surface area contributed by atoms with Crippen LogP contribution in [0, 0.1) is 11.6 Å². The first-order chi connectivity index (χ1) is 13.6. The van der Waals surface area contributed by atoms with Gasteiger partial charge in [-0.1, -0.05) is 6.07 Å². The molecule has 4 rings (SSSR count). The van der Waals surface area contributed by atoms with E-state index >= 15 is 0 Å². The molecule has 6 nitrogen and oxygen atoms in total. The van der Waals surface area contributed by atoms with Gasteiger partial charge in [0.25, 0.3) is 5.91 Å². The summed E-state index contributed by atoms with van der Waals surface area (Å²) in [6.45, 7) is 0.168. The number of aromatic nitrogens is 2. The van der Waals surface area contributed by atoms with Gasteiger partial charge < -0.3 is 15.7 Å². The standard InChI is InChI=1S/C20H20F2N4O2/c21-15-8-13(12-2-3-12)4-5-17(15)25-19-14(20(28)24-6-1-7-27)9-16(22)18-10-23-11-26(18)19/h4-5,8-12,25,27H,1-3,6-7H2,(H,24,28). The molecule has 8 heteroatoms. The molecule has 28 heavy (non-hydrogen) atoms. The molecule has 0 spiro atoms. The number of nitrogens with one attached hydrogen (secondary N) is 2. The van der Waals surface area contributed by atoms with Gasteiger partial charge in [0.05, 0.1) is 17.4 Å². The molecule has 0 radical (unpaired) electrons. The average molecular weight is 386 g/mol. The first-order valence-electron chi connectivity index (χ1n) is 9.18. The van der Waals surface area contributed by atoms with E-state index in [2.05, 4.69) is 15.6 Å². The predicted octanol–water partition coefficient (Wildman–Crippen LogP) is 3.35. The van der Waals surface area contributed by atoms with E-state index in [4.69, 9.17) is 5.11 Å². The molecule has 1 amide bonds. The summed E-state index contributed by atoms with van der Waals surface area (Å²) in [6.07, 6.45) is 5.21. The number of hydrogen-bond acceptors (Lipinski definition) is 4. The van der Waals surface area contributed by atoms with Crippen molar-refractivity contribution in [2.45, 2.75) is 25.2 Å². The number of hydrogen-bond donors (Lipinski definition) is 3. The lowest BCUT2D eigenvalue weighted by Crippen LogP contribution is -2.26. The lowest BCUT2D eigenvalue weighted by molar-refractivity contribution is 0.0951. The number of aliphatic hydroxyl groups excluding tert-OH is 1. The van der Waals surface area contributed by atoms with Crippen molar-refractivity contribution in [2.75, 3.05) is 18.5 Å². The number of fused-ring (bicyclic) bond motifs is 1. The van der Waals surface area contributed by atoms with Gasteiger partial charge in [0, 0.05) is 13.2 Å². The molecule has 1 fully saturated rings. The number of carbonyl (C=O) groups excluding carboxylic acids is 1. The number of halogens is 2. The molecule has 2 heterocycles. The van der Waals surface area contributed by atoms with Crippen LogP contribution in [0.5, 0.6) is 0 Å². The van der Waals surface area contributed by atoms with Crippen LogP contribution in [0.3, 0.4) is 0 Å². The number of rotatable bonds is 7. The molecule has 1 saturated carbocycles. The highest BCUT2D eigenvalue weighted by molar-refractivity contribution is 6.00. The van der Waals surface area contributed by atoms with E-state index < -0.39 is 17.5 Å². The third kappa shape index (κ3) is 3.55. The van der Waals surface area contributed by atoms with Crippen LogP contribution in [-0.2, 0) is 0 Å². The zero-order chi connectivity index (χ0) is 19.7. The molecule has 0 saturated heterocycles. The Morgan fingerprint density at radius 1 is 1.25 bits per heavy atom. The Bertz CT molecular complexity index is 1030. The van der Waals surface area contributed by atoms with Crippen LogP contribution in [0.4, 0.5) is 20.3 Å². The van der Waals surface area contributed by atoms with E-state index in [1.54, 1.807) is 6.07 Å². The van der Waals surface area contributed by atoms with Gasteiger partial charge in [-0.05, 0) is 48.9 Å². The highest BCUT2D eigenvalue weighted by Crippen LogP contribution is 2.41. The van der Waals surface area contributed by atoms with Crippen molar-refractivity contribution in [2.24, 2.45) is 0 Å². The topological polar surface area (TPSA) is 78.7 Å². The van der Waals surface area contributed by atoms with E-state index in [1.165, 1.54) is 23.0 Å². The summed E-state index contributed by atoms with van der Waals surface area (Å²) >= 11 is 0. The molecule has 2 aromatic heterocycles. The Kier molecular flexibility index (Phi) is 4.95. The molecule has 0 atom stereocenters. The predicted molar refractivity (Wildman–Crippen MR) is 101 cm³/mol. The molecule has 3 aromatic rings. The third-order valence-electron chi connectivity index (χ3n) is 4.81. The zero-order valence-electron chi connectivity index (χ0n) is 15.1. The fourth-order valence-corrected chi connectivity index (χ4v) is 3.16. The molecule has 1 aromatic carbocycles. The van der Waals surface area contributed by atoms with Gasteiger partial charge in [0.1, 0.15) is 29.3 Å². The molecule has 1 aliphatic rings. The summed E-state index contributed by atoms with van der Waals surface area (Å²) in [7, 11) is 0. The number of benzene rings is 1. The molecule has 0 aliphatic heterocycles. The lowest BCUT2D eigenvalue weighted by Gasteiger charge is -2.16. The highest BCUT2D eigenvalue weighted by atomic mass is 19.1. The Morgan fingerprint density at radius 2 is 2.07 bits per heavy atom. The Balaban J connectivity index is 1.72. The molecule has 146 valence electrons. The Morgan fingerprint density at radius 3 is 2.79 bits per heavy atom. The summed E-state index contributed by atoms with van der Waals surface area (Å²) in [4.78, 5) is 16.5. The molecular formula is C20H20F2N4O2. The van der Waals surface area contributed by atoms with E-state index in [-0.39, 0.29) is 35.7 Å². The van der Waals surface area contributed by atoms with Crippen molar-refractivity contribution >= 4 is 22.9 Å². The van der Waals surface area contributed by atoms with Crippen LogP contribution in [0.15, 0.2) is 36.8 Å². The maximum absolute atomic E-state index is 14.6. The van der Waals surface area contributed by atoms with Gasteiger partial charge in [-0.3, -0.25) is 9.20 Å². The monoisotopic (exact) mass is 386 g/mol. The van der Waals surface area contributed by atoms with Crippen molar-refractivity contribution in [1.29, 1.82) is 0 Å². The highest BCUT2D eigenvalue weighted by Gasteiger charge is 2.25. The summed E-state index contributed by atoms with van der Waals surface area (Å²) < 4.78 is 30.4. The number of carbonyl (C=O) groups is 1. The second kappa shape index (κ2) is 7.55. The number of imidazole rings is 1. The Labute approximate surface area is 160 Å².